The van der Waals surface area contributed by atoms with Gasteiger partial charge in [0.2, 0.25) is 0 Å². The first kappa shape index (κ1) is 15.1. The molecule has 4 heteroatoms. The molecule has 0 saturated carbocycles. The Morgan fingerprint density at radius 1 is 1.17 bits per heavy atom. The van der Waals surface area contributed by atoms with Crippen LogP contribution < -0.4 is 11.1 Å². The SMILES string of the molecule is NC(Cc1ccccc1)[C@@H](O)CNCCCCO. The van der Waals surface area contributed by atoms with E-state index in [-0.39, 0.29) is 12.6 Å². The molecule has 0 aliphatic carbocycles. The molecule has 0 heterocycles. The highest BCUT2D eigenvalue weighted by Gasteiger charge is 2.14. The summed E-state index contributed by atoms with van der Waals surface area (Å²) in [6.07, 6.45) is 1.84. The molecule has 5 N–H and O–H groups in total. The van der Waals surface area contributed by atoms with Crippen molar-refractivity contribution >= 4 is 0 Å². The number of nitrogens with one attached hydrogen (secondary N) is 1. The summed E-state index contributed by atoms with van der Waals surface area (Å²) in [6.45, 7) is 1.52. The molecular weight excluding hydrogens is 228 g/mol. The lowest BCUT2D eigenvalue weighted by atomic mass is 10.0. The van der Waals surface area contributed by atoms with E-state index < -0.39 is 6.10 Å². The number of hydrogen-bond acceptors (Lipinski definition) is 4. The Hall–Kier alpha value is -0.940. The number of nitrogens with two attached hydrogens (primary N) is 1. The fourth-order valence-corrected chi connectivity index (χ4v) is 1.79. The predicted molar refractivity (Wildman–Crippen MR) is 73.3 cm³/mol. The zero-order valence-corrected chi connectivity index (χ0v) is 10.8. The van der Waals surface area contributed by atoms with Crippen molar-refractivity contribution in [3.05, 3.63) is 35.9 Å². The number of unbranched alkanes of at least 4 members (excludes halogenated alkanes) is 1. The van der Waals surface area contributed by atoms with Crippen LogP contribution in [0.4, 0.5) is 0 Å². The van der Waals surface area contributed by atoms with E-state index in [1.807, 2.05) is 30.3 Å². The Morgan fingerprint density at radius 3 is 2.56 bits per heavy atom. The van der Waals surface area contributed by atoms with E-state index in [4.69, 9.17) is 10.8 Å². The van der Waals surface area contributed by atoms with Gasteiger partial charge in [0.15, 0.2) is 0 Å². The molecule has 0 spiro atoms. The Bertz CT molecular complexity index is 306. The molecule has 0 amide bonds. The van der Waals surface area contributed by atoms with Crippen molar-refractivity contribution in [1.29, 1.82) is 0 Å². The summed E-state index contributed by atoms with van der Waals surface area (Å²) in [5.74, 6) is 0. The quantitative estimate of drug-likeness (QED) is 0.476. The van der Waals surface area contributed by atoms with Gasteiger partial charge in [-0.25, -0.2) is 0 Å². The summed E-state index contributed by atoms with van der Waals surface area (Å²) in [5.41, 5.74) is 7.10. The normalized spacial score (nSPS) is 14.4. The van der Waals surface area contributed by atoms with Gasteiger partial charge in [-0.15, -0.1) is 0 Å². The molecule has 102 valence electrons. The lowest BCUT2D eigenvalue weighted by Crippen LogP contribution is -2.43. The Labute approximate surface area is 109 Å². The number of aliphatic hydroxyl groups is 2. The standard InChI is InChI=1S/C14H24N2O2/c15-13(10-12-6-2-1-3-7-12)14(18)11-16-8-4-5-9-17/h1-3,6-7,13-14,16-18H,4-5,8-11,15H2/t13?,14-/m0/s1. The fraction of sp³-hybridized carbons (Fsp3) is 0.571. The third-order valence-electron chi connectivity index (χ3n) is 2.92. The van der Waals surface area contributed by atoms with E-state index >= 15 is 0 Å². The molecule has 0 saturated heterocycles. The summed E-state index contributed by atoms with van der Waals surface area (Å²) >= 11 is 0. The number of hydrogen-bond donors (Lipinski definition) is 4. The number of aliphatic hydroxyl groups excluding tert-OH is 2. The molecule has 1 aromatic rings. The van der Waals surface area contributed by atoms with E-state index in [1.165, 1.54) is 0 Å². The summed E-state index contributed by atoms with van der Waals surface area (Å²) < 4.78 is 0. The maximum Gasteiger partial charge on any atom is 0.0818 e. The average molecular weight is 252 g/mol. The molecule has 1 rings (SSSR count). The molecule has 0 radical (unpaired) electrons. The minimum absolute atomic E-state index is 0.220. The second-order valence-corrected chi connectivity index (χ2v) is 4.56. The van der Waals surface area contributed by atoms with Gasteiger partial charge in [-0.1, -0.05) is 30.3 Å². The first-order chi connectivity index (χ1) is 8.74. The maximum absolute atomic E-state index is 9.90. The van der Waals surface area contributed by atoms with Crippen molar-refractivity contribution in [2.75, 3.05) is 19.7 Å². The van der Waals surface area contributed by atoms with Crippen molar-refractivity contribution < 1.29 is 10.2 Å². The van der Waals surface area contributed by atoms with Gasteiger partial charge in [0.25, 0.3) is 0 Å². The minimum Gasteiger partial charge on any atom is -0.396 e. The zero-order chi connectivity index (χ0) is 13.2. The second kappa shape index (κ2) is 9.05. The molecule has 0 aliphatic heterocycles. The molecule has 2 atom stereocenters. The predicted octanol–water partition coefficient (Wildman–Crippen LogP) is 0.279. The lowest BCUT2D eigenvalue weighted by molar-refractivity contribution is 0.141. The van der Waals surface area contributed by atoms with E-state index in [1.54, 1.807) is 0 Å². The van der Waals surface area contributed by atoms with Gasteiger partial charge < -0.3 is 21.3 Å². The summed E-state index contributed by atoms with van der Waals surface area (Å²) in [4.78, 5) is 0. The van der Waals surface area contributed by atoms with Gasteiger partial charge in [-0.05, 0) is 31.4 Å². The monoisotopic (exact) mass is 252 g/mol. The first-order valence-electron chi connectivity index (χ1n) is 6.53. The van der Waals surface area contributed by atoms with E-state index in [0.717, 1.165) is 24.9 Å². The molecule has 1 aromatic carbocycles. The summed E-state index contributed by atoms with van der Waals surface area (Å²) in [5, 5.41) is 21.7. The fourth-order valence-electron chi connectivity index (χ4n) is 1.79. The van der Waals surface area contributed by atoms with Crippen LogP contribution in [0.2, 0.25) is 0 Å². The second-order valence-electron chi connectivity index (χ2n) is 4.56. The van der Waals surface area contributed by atoms with Crippen molar-refractivity contribution in [1.82, 2.24) is 5.32 Å². The van der Waals surface area contributed by atoms with E-state index in [0.29, 0.717) is 13.0 Å². The minimum atomic E-state index is -0.542. The smallest absolute Gasteiger partial charge is 0.0818 e. The van der Waals surface area contributed by atoms with Crippen LogP contribution >= 0.6 is 0 Å². The highest BCUT2D eigenvalue weighted by molar-refractivity contribution is 5.16. The van der Waals surface area contributed by atoms with Gasteiger partial charge in [0, 0.05) is 19.2 Å². The van der Waals surface area contributed by atoms with Crippen LogP contribution in [0.15, 0.2) is 30.3 Å². The van der Waals surface area contributed by atoms with Gasteiger partial charge in [-0.3, -0.25) is 0 Å². The van der Waals surface area contributed by atoms with E-state index in [2.05, 4.69) is 5.32 Å². The summed E-state index contributed by atoms with van der Waals surface area (Å²) in [7, 11) is 0. The van der Waals surface area contributed by atoms with Crippen molar-refractivity contribution in [3.8, 4) is 0 Å². The topological polar surface area (TPSA) is 78.5 Å². The van der Waals surface area contributed by atoms with Crippen LogP contribution in [-0.2, 0) is 6.42 Å². The third-order valence-corrected chi connectivity index (χ3v) is 2.92. The molecule has 1 unspecified atom stereocenters. The van der Waals surface area contributed by atoms with Gasteiger partial charge in [0.05, 0.1) is 6.10 Å². The first-order valence-corrected chi connectivity index (χ1v) is 6.53. The molecule has 0 bridgehead atoms. The molecule has 0 aromatic heterocycles. The Balaban J connectivity index is 2.18. The van der Waals surface area contributed by atoms with Crippen LogP contribution in [0.3, 0.4) is 0 Å². The van der Waals surface area contributed by atoms with Crippen LogP contribution in [-0.4, -0.2) is 42.1 Å². The molecule has 18 heavy (non-hydrogen) atoms. The van der Waals surface area contributed by atoms with Crippen molar-refractivity contribution in [2.24, 2.45) is 5.73 Å². The Kier molecular flexibility index (Phi) is 7.60. The summed E-state index contributed by atoms with van der Waals surface area (Å²) in [6, 6.07) is 9.69. The number of benzene rings is 1. The average Bonchev–Trinajstić information content (AvgIpc) is 2.39. The van der Waals surface area contributed by atoms with Crippen LogP contribution in [0.25, 0.3) is 0 Å². The molecular formula is C14H24N2O2. The van der Waals surface area contributed by atoms with Gasteiger partial charge >= 0.3 is 0 Å². The maximum atomic E-state index is 9.90. The van der Waals surface area contributed by atoms with Crippen LogP contribution in [0.5, 0.6) is 0 Å². The van der Waals surface area contributed by atoms with Crippen molar-refractivity contribution in [3.63, 3.8) is 0 Å². The highest BCUT2D eigenvalue weighted by atomic mass is 16.3. The van der Waals surface area contributed by atoms with E-state index in [9.17, 15) is 5.11 Å². The highest BCUT2D eigenvalue weighted by Crippen LogP contribution is 2.04. The molecule has 0 fully saturated rings. The van der Waals surface area contributed by atoms with Gasteiger partial charge in [0.1, 0.15) is 0 Å². The van der Waals surface area contributed by atoms with Crippen molar-refractivity contribution in [2.45, 2.75) is 31.4 Å². The Morgan fingerprint density at radius 2 is 1.89 bits per heavy atom. The lowest BCUT2D eigenvalue weighted by Gasteiger charge is -2.19. The number of rotatable bonds is 9. The largest absolute Gasteiger partial charge is 0.396 e. The zero-order valence-electron chi connectivity index (χ0n) is 10.8. The van der Waals surface area contributed by atoms with Crippen LogP contribution in [0, 0.1) is 0 Å². The van der Waals surface area contributed by atoms with Gasteiger partial charge in [-0.2, -0.15) is 0 Å². The van der Waals surface area contributed by atoms with Crippen LogP contribution in [0.1, 0.15) is 18.4 Å². The molecule has 4 nitrogen and oxygen atoms in total. The molecule has 0 aliphatic rings. The third kappa shape index (κ3) is 6.12.